The molecule has 1 atom stereocenters. The van der Waals surface area contributed by atoms with Crippen molar-refractivity contribution >= 4 is 22.3 Å². The highest BCUT2D eigenvalue weighted by atomic mass is 16.5. The van der Waals surface area contributed by atoms with E-state index in [1.165, 1.54) is 40.3 Å². The summed E-state index contributed by atoms with van der Waals surface area (Å²) >= 11 is 0. The number of nitrogens with zero attached hydrogens (tertiary/aromatic N) is 1. The van der Waals surface area contributed by atoms with Crippen LogP contribution in [-0.2, 0) is 11.2 Å². The van der Waals surface area contributed by atoms with Gasteiger partial charge < -0.3 is 10.1 Å². The molecule has 0 aliphatic carbocycles. The lowest BCUT2D eigenvalue weighted by Gasteiger charge is -2.13. The number of carbonyl (C=O) groups excluding carboxylic acids is 1. The molecule has 0 bridgehead atoms. The summed E-state index contributed by atoms with van der Waals surface area (Å²) in [5.74, 6) is 0.799. The molecule has 4 nitrogen and oxygen atoms in total. The number of methoxy groups -OCH3 is 1. The van der Waals surface area contributed by atoms with Crippen LogP contribution < -0.4 is 10.1 Å². The van der Waals surface area contributed by atoms with Gasteiger partial charge in [-0.15, -0.1) is 0 Å². The maximum Gasteiger partial charge on any atom is 0.244 e. The molecule has 0 radical (unpaired) electrons. The smallest absolute Gasteiger partial charge is 0.244 e. The van der Waals surface area contributed by atoms with Crippen molar-refractivity contribution in [2.24, 2.45) is 0 Å². The first-order chi connectivity index (χ1) is 17.1. The number of carbonyl (C=O) groups is 1. The zero-order valence-electron chi connectivity index (χ0n) is 21.3. The topological polar surface area (TPSA) is 51.2 Å². The average molecular weight is 471 g/mol. The third kappa shape index (κ3) is 8.40. The van der Waals surface area contributed by atoms with Crippen LogP contribution in [0.15, 0.2) is 79.2 Å². The largest absolute Gasteiger partial charge is 0.497 e. The lowest BCUT2D eigenvalue weighted by molar-refractivity contribution is -0.117. The van der Waals surface area contributed by atoms with E-state index in [0.717, 1.165) is 37.9 Å². The number of nitrogens with one attached hydrogen (secondary N) is 1. The van der Waals surface area contributed by atoms with E-state index in [0.29, 0.717) is 0 Å². The molecule has 0 fully saturated rings. The van der Waals surface area contributed by atoms with Crippen LogP contribution in [-0.4, -0.2) is 24.0 Å². The summed E-state index contributed by atoms with van der Waals surface area (Å²) in [6.45, 7) is 4.28. The minimum atomic E-state index is -0.0531. The molecule has 0 spiro atoms. The number of fused-ring (bicyclic) bond motifs is 1. The molecule has 35 heavy (non-hydrogen) atoms. The molecule has 3 rings (SSSR count). The minimum Gasteiger partial charge on any atom is -0.497 e. The highest BCUT2D eigenvalue weighted by molar-refractivity contribution is 5.95. The van der Waals surface area contributed by atoms with Gasteiger partial charge in [0, 0.05) is 24.5 Å². The van der Waals surface area contributed by atoms with Crippen molar-refractivity contribution in [3.63, 3.8) is 0 Å². The van der Waals surface area contributed by atoms with Crippen molar-refractivity contribution in [2.45, 2.75) is 64.8 Å². The van der Waals surface area contributed by atoms with Gasteiger partial charge in [0.05, 0.1) is 7.11 Å². The quantitative estimate of drug-likeness (QED) is 0.162. The Kier molecular flexibility index (Phi) is 10.6. The lowest BCUT2D eigenvalue weighted by atomic mass is 9.94. The first-order valence-corrected chi connectivity index (χ1v) is 12.7. The fourth-order valence-electron chi connectivity index (χ4n) is 4.31. The third-order valence-corrected chi connectivity index (χ3v) is 6.24. The average Bonchev–Trinajstić information content (AvgIpc) is 2.88. The zero-order chi connectivity index (χ0) is 24.9. The molecule has 0 saturated carbocycles. The van der Waals surface area contributed by atoms with Gasteiger partial charge in [0.25, 0.3) is 0 Å². The second-order valence-electron chi connectivity index (χ2n) is 9.06. The number of hydrogen-bond acceptors (Lipinski definition) is 3. The van der Waals surface area contributed by atoms with Gasteiger partial charge in [0.1, 0.15) is 5.75 Å². The fourth-order valence-corrected chi connectivity index (χ4v) is 4.31. The highest BCUT2D eigenvalue weighted by Gasteiger charge is 2.08. The molecule has 2 aromatic carbocycles. The predicted molar refractivity (Wildman–Crippen MR) is 147 cm³/mol. The predicted octanol–water partition coefficient (Wildman–Crippen LogP) is 7.29. The minimum absolute atomic E-state index is 0.0531. The molecule has 1 amide bonds. The van der Waals surface area contributed by atoms with Gasteiger partial charge >= 0.3 is 0 Å². The van der Waals surface area contributed by atoms with Crippen molar-refractivity contribution in [3.8, 4) is 5.75 Å². The van der Waals surface area contributed by atoms with Crippen molar-refractivity contribution in [1.82, 2.24) is 10.3 Å². The first kappa shape index (κ1) is 26.2. The number of ether oxygens (including phenoxy) is 1. The molecule has 0 unspecified atom stereocenters. The van der Waals surface area contributed by atoms with Crippen LogP contribution in [0.4, 0.5) is 0 Å². The Labute approximate surface area is 210 Å². The van der Waals surface area contributed by atoms with Gasteiger partial charge in [-0.25, -0.2) is 0 Å². The summed E-state index contributed by atoms with van der Waals surface area (Å²) in [6.07, 6.45) is 16.7. The number of amides is 1. The number of unbranched alkanes of at least 4 members (excludes halogenated alkanes) is 2. The molecular formula is C31H38N2O2. The van der Waals surface area contributed by atoms with Gasteiger partial charge in [0.15, 0.2) is 0 Å². The van der Waals surface area contributed by atoms with Crippen LogP contribution in [0.5, 0.6) is 5.75 Å². The van der Waals surface area contributed by atoms with Gasteiger partial charge in [-0.05, 0) is 84.7 Å². The molecule has 0 aliphatic rings. The third-order valence-electron chi connectivity index (χ3n) is 6.24. The molecule has 1 N–H and O–H groups in total. The maximum absolute atomic E-state index is 12.5. The van der Waals surface area contributed by atoms with E-state index < -0.39 is 0 Å². The number of benzene rings is 2. The van der Waals surface area contributed by atoms with E-state index >= 15 is 0 Å². The normalized spacial score (nSPS) is 12.7. The van der Waals surface area contributed by atoms with Crippen LogP contribution in [0, 0.1) is 0 Å². The Balaban J connectivity index is 1.65. The number of hydrogen-bond donors (Lipinski definition) is 1. The van der Waals surface area contributed by atoms with E-state index in [2.05, 4.69) is 66.6 Å². The molecular weight excluding hydrogens is 432 g/mol. The van der Waals surface area contributed by atoms with Crippen LogP contribution in [0.2, 0.25) is 0 Å². The first-order valence-electron chi connectivity index (χ1n) is 12.7. The van der Waals surface area contributed by atoms with E-state index in [1.54, 1.807) is 19.4 Å². The number of aromatic nitrogens is 1. The van der Waals surface area contributed by atoms with Gasteiger partial charge in [-0.1, -0.05) is 62.2 Å². The van der Waals surface area contributed by atoms with Crippen molar-refractivity contribution in [1.29, 1.82) is 0 Å². The van der Waals surface area contributed by atoms with E-state index in [-0.39, 0.29) is 11.9 Å². The Bertz CT molecular complexity index is 1140. The maximum atomic E-state index is 12.5. The molecule has 0 aliphatic heterocycles. The van der Waals surface area contributed by atoms with E-state index in [9.17, 15) is 4.79 Å². The van der Waals surface area contributed by atoms with E-state index in [4.69, 9.17) is 4.74 Å². The summed E-state index contributed by atoms with van der Waals surface area (Å²) in [4.78, 5) is 16.7. The molecule has 1 aromatic heterocycles. The second-order valence-corrected chi connectivity index (χ2v) is 9.06. The number of aryl methyl sites for hydroxylation is 1. The van der Waals surface area contributed by atoms with Crippen LogP contribution in [0.1, 0.15) is 63.5 Å². The van der Waals surface area contributed by atoms with Crippen LogP contribution in [0.3, 0.4) is 0 Å². The molecule has 4 heteroatoms. The molecule has 0 saturated heterocycles. The summed E-state index contributed by atoms with van der Waals surface area (Å²) in [5.41, 5.74) is 3.68. The standard InChI is InChI=1S/C31H38N2O2/c1-4-5-6-14-26(29-17-8-15-27-19-20-28(35-3)22-30(27)29)16-9-18-31(34)33-24(2)11-7-12-25-13-10-21-32-23-25/h8-10,13,15-24H,4-7,11-12,14H2,1-3H3,(H,33,34)/b18-9+,26-16+/t24-/m1/s1. The van der Waals surface area contributed by atoms with Crippen molar-refractivity contribution in [3.05, 3.63) is 90.3 Å². The van der Waals surface area contributed by atoms with Crippen LogP contribution in [0.25, 0.3) is 16.3 Å². The van der Waals surface area contributed by atoms with Gasteiger partial charge in [-0.3, -0.25) is 9.78 Å². The molecule has 184 valence electrons. The Morgan fingerprint density at radius 2 is 2.00 bits per heavy atom. The summed E-state index contributed by atoms with van der Waals surface area (Å²) in [6, 6.07) is 16.8. The summed E-state index contributed by atoms with van der Waals surface area (Å²) in [5, 5.41) is 5.45. The second kappa shape index (κ2) is 14.1. The number of rotatable bonds is 13. The number of allylic oxidation sites excluding steroid dienone is 3. The zero-order valence-corrected chi connectivity index (χ0v) is 21.3. The van der Waals surface area contributed by atoms with Crippen molar-refractivity contribution < 1.29 is 9.53 Å². The SMILES string of the molecule is CCCCC/C(=C\C=C\C(=O)N[C@H](C)CCCc1cccnc1)c1cccc2ccc(OC)cc12. The highest BCUT2D eigenvalue weighted by Crippen LogP contribution is 2.31. The van der Waals surface area contributed by atoms with E-state index in [1.807, 2.05) is 24.4 Å². The lowest BCUT2D eigenvalue weighted by Crippen LogP contribution is -2.31. The number of pyridine rings is 1. The van der Waals surface area contributed by atoms with Gasteiger partial charge in [0.2, 0.25) is 5.91 Å². The Morgan fingerprint density at radius 3 is 2.77 bits per heavy atom. The van der Waals surface area contributed by atoms with Gasteiger partial charge in [-0.2, -0.15) is 0 Å². The fraction of sp³-hybridized carbons (Fsp3) is 0.355. The summed E-state index contributed by atoms with van der Waals surface area (Å²) < 4.78 is 5.47. The van der Waals surface area contributed by atoms with Crippen molar-refractivity contribution in [2.75, 3.05) is 7.11 Å². The van der Waals surface area contributed by atoms with Crippen LogP contribution >= 0.6 is 0 Å². The molecule has 3 aromatic rings. The molecule has 1 heterocycles. The Hall–Kier alpha value is -3.40. The Morgan fingerprint density at radius 1 is 1.11 bits per heavy atom. The summed E-state index contributed by atoms with van der Waals surface area (Å²) in [7, 11) is 1.70. The monoisotopic (exact) mass is 470 g/mol.